The van der Waals surface area contributed by atoms with Gasteiger partial charge in [0, 0.05) is 5.75 Å². The number of aliphatic hydroxyl groups is 1. The van der Waals surface area contributed by atoms with Crippen molar-refractivity contribution in [2.75, 3.05) is 5.75 Å². The van der Waals surface area contributed by atoms with Crippen molar-refractivity contribution in [3.63, 3.8) is 0 Å². The second kappa shape index (κ2) is 5.73. The van der Waals surface area contributed by atoms with E-state index >= 15 is 0 Å². The molecule has 1 unspecified atom stereocenters. The van der Waals surface area contributed by atoms with Crippen molar-refractivity contribution < 1.29 is 5.11 Å². The Morgan fingerprint density at radius 3 is 2.79 bits per heavy atom. The number of aryl methyl sites for hydroxylation is 1. The molecule has 0 aromatic carbocycles. The minimum absolute atomic E-state index is 0.377. The van der Waals surface area contributed by atoms with Crippen LogP contribution in [0.4, 0.5) is 0 Å². The average molecular weight is 231 g/mol. The Kier molecular flexibility index (Phi) is 4.92. The van der Waals surface area contributed by atoms with Gasteiger partial charge >= 0.3 is 0 Å². The molecule has 1 aromatic heterocycles. The first-order valence-corrected chi connectivity index (χ1v) is 6.84. The molecule has 0 amide bonds. The molecule has 80 valence electrons. The van der Waals surface area contributed by atoms with Gasteiger partial charge in [0.1, 0.15) is 5.01 Å². The van der Waals surface area contributed by atoms with Crippen LogP contribution in [0.5, 0.6) is 0 Å². The summed E-state index contributed by atoms with van der Waals surface area (Å²) in [6.45, 7) is 5.94. The molecule has 0 aliphatic rings. The number of hydrogen-bond acceptors (Lipinski definition) is 4. The van der Waals surface area contributed by atoms with Crippen LogP contribution in [-0.4, -0.2) is 15.8 Å². The standard InChI is InChI=1S/C10H17NOS2/c1-4-5-13-6-9-11-7(2)10(14-9)8(3)12/h8,12H,4-6H2,1-3H3. The molecule has 1 atom stereocenters. The summed E-state index contributed by atoms with van der Waals surface area (Å²) in [5.41, 5.74) is 0.983. The van der Waals surface area contributed by atoms with Gasteiger partial charge in [0.2, 0.25) is 0 Å². The van der Waals surface area contributed by atoms with E-state index in [9.17, 15) is 5.11 Å². The molecule has 14 heavy (non-hydrogen) atoms. The van der Waals surface area contributed by atoms with Gasteiger partial charge in [0.15, 0.2) is 0 Å². The summed E-state index contributed by atoms with van der Waals surface area (Å²) in [5.74, 6) is 2.16. The van der Waals surface area contributed by atoms with Crippen LogP contribution in [0.3, 0.4) is 0 Å². The van der Waals surface area contributed by atoms with Crippen molar-refractivity contribution in [3.05, 3.63) is 15.6 Å². The minimum Gasteiger partial charge on any atom is -0.388 e. The summed E-state index contributed by atoms with van der Waals surface area (Å²) in [7, 11) is 0. The van der Waals surface area contributed by atoms with Crippen molar-refractivity contribution in [3.8, 4) is 0 Å². The zero-order chi connectivity index (χ0) is 10.6. The van der Waals surface area contributed by atoms with Crippen LogP contribution < -0.4 is 0 Å². The van der Waals surface area contributed by atoms with E-state index in [-0.39, 0.29) is 6.10 Å². The Hall–Kier alpha value is -0.0600. The summed E-state index contributed by atoms with van der Waals surface area (Å²) < 4.78 is 0. The highest BCUT2D eigenvalue weighted by Crippen LogP contribution is 2.27. The molecule has 1 aromatic rings. The maximum atomic E-state index is 9.45. The Morgan fingerprint density at radius 2 is 2.29 bits per heavy atom. The maximum Gasteiger partial charge on any atom is 0.103 e. The van der Waals surface area contributed by atoms with Crippen LogP contribution in [0.2, 0.25) is 0 Å². The lowest BCUT2D eigenvalue weighted by atomic mass is 10.3. The molecule has 0 bridgehead atoms. The van der Waals surface area contributed by atoms with Gasteiger partial charge in [-0.25, -0.2) is 4.98 Å². The Morgan fingerprint density at radius 1 is 1.57 bits per heavy atom. The SMILES string of the molecule is CCCSCc1nc(C)c(C(C)O)s1. The zero-order valence-corrected chi connectivity index (χ0v) is 10.5. The summed E-state index contributed by atoms with van der Waals surface area (Å²) in [6, 6.07) is 0. The fraction of sp³-hybridized carbons (Fsp3) is 0.700. The molecule has 0 saturated heterocycles. The van der Waals surface area contributed by atoms with Crippen molar-refractivity contribution >= 4 is 23.1 Å². The number of hydrogen-bond donors (Lipinski definition) is 1. The predicted molar refractivity (Wildman–Crippen MR) is 63.9 cm³/mol. The van der Waals surface area contributed by atoms with Crippen LogP contribution in [0.25, 0.3) is 0 Å². The van der Waals surface area contributed by atoms with E-state index in [1.807, 2.05) is 18.7 Å². The van der Waals surface area contributed by atoms with E-state index in [1.54, 1.807) is 18.3 Å². The zero-order valence-electron chi connectivity index (χ0n) is 8.91. The summed E-state index contributed by atoms with van der Waals surface area (Å²) in [5, 5.41) is 10.6. The highest BCUT2D eigenvalue weighted by atomic mass is 32.2. The van der Waals surface area contributed by atoms with Crippen molar-refractivity contribution in [2.45, 2.75) is 39.0 Å². The first-order chi connectivity index (χ1) is 6.65. The highest BCUT2D eigenvalue weighted by molar-refractivity contribution is 7.98. The number of thiazole rings is 1. The molecule has 0 aliphatic carbocycles. The molecule has 0 aliphatic heterocycles. The van der Waals surface area contributed by atoms with E-state index in [1.165, 1.54) is 12.2 Å². The van der Waals surface area contributed by atoms with Crippen LogP contribution in [0.1, 0.15) is 42.0 Å². The van der Waals surface area contributed by atoms with E-state index in [0.717, 1.165) is 21.3 Å². The first kappa shape index (κ1) is 12.0. The Labute approximate surface area is 93.8 Å². The third-order valence-electron chi connectivity index (χ3n) is 1.83. The predicted octanol–water partition coefficient (Wildman–Crippen LogP) is 3.15. The minimum atomic E-state index is -0.377. The van der Waals surface area contributed by atoms with E-state index in [4.69, 9.17) is 0 Å². The Bertz CT molecular complexity index is 284. The second-order valence-electron chi connectivity index (χ2n) is 3.29. The quantitative estimate of drug-likeness (QED) is 0.790. The largest absolute Gasteiger partial charge is 0.388 e. The third-order valence-corrected chi connectivity index (χ3v) is 4.52. The Balaban J connectivity index is 2.57. The molecule has 0 spiro atoms. The molecule has 1 N–H and O–H groups in total. The van der Waals surface area contributed by atoms with Gasteiger partial charge in [0.25, 0.3) is 0 Å². The second-order valence-corrected chi connectivity index (χ2v) is 5.51. The first-order valence-electron chi connectivity index (χ1n) is 4.87. The van der Waals surface area contributed by atoms with Gasteiger partial charge in [-0.05, 0) is 26.0 Å². The van der Waals surface area contributed by atoms with Gasteiger partial charge in [-0.3, -0.25) is 0 Å². The molecular formula is C10H17NOS2. The fourth-order valence-corrected chi connectivity index (χ4v) is 3.18. The van der Waals surface area contributed by atoms with E-state index in [2.05, 4.69) is 11.9 Å². The summed E-state index contributed by atoms with van der Waals surface area (Å²) in [4.78, 5) is 5.45. The molecule has 0 fully saturated rings. The summed E-state index contributed by atoms with van der Waals surface area (Å²) >= 11 is 3.54. The highest BCUT2D eigenvalue weighted by Gasteiger charge is 2.11. The van der Waals surface area contributed by atoms with Crippen molar-refractivity contribution in [1.82, 2.24) is 4.98 Å². The molecule has 1 heterocycles. The number of aromatic nitrogens is 1. The number of nitrogens with zero attached hydrogens (tertiary/aromatic N) is 1. The fourth-order valence-electron chi connectivity index (χ4n) is 1.22. The van der Waals surface area contributed by atoms with Crippen molar-refractivity contribution in [1.29, 1.82) is 0 Å². The van der Waals surface area contributed by atoms with Gasteiger partial charge < -0.3 is 5.11 Å². The van der Waals surface area contributed by atoms with Crippen LogP contribution in [0.15, 0.2) is 0 Å². The van der Waals surface area contributed by atoms with E-state index in [0.29, 0.717) is 0 Å². The van der Waals surface area contributed by atoms with Crippen LogP contribution >= 0.6 is 23.1 Å². The lowest BCUT2D eigenvalue weighted by molar-refractivity contribution is 0.202. The molecule has 4 heteroatoms. The van der Waals surface area contributed by atoms with Crippen LogP contribution in [-0.2, 0) is 5.75 Å². The lowest BCUT2D eigenvalue weighted by Crippen LogP contribution is -1.88. The average Bonchev–Trinajstić information content (AvgIpc) is 2.47. The molecule has 0 radical (unpaired) electrons. The van der Waals surface area contributed by atoms with Crippen molar-refractivity contribution in [2.24, 2.45) is 0 Å². The number of rotatable bonds is 5. The summed E-state index contributed by atoms with van der Waals surface area (Å²) in [6.07, 6.45) is 0.829. The van der Waals surface area contributed by atoms with Gasteiger partial charge in [0.05, 0.1) is 16.7 Å². The molecule has 0 saturated carbocycles. The van der Waals surface area contributed by atoms with Gasteiger partial charge in [-0.2, -0.15) is 11.8 Å². The molecule has 2 nitrogen and oxygen atoms in total. The topological polar surface area (TPSA) is 33.1 Å². The smallest absolute Gasteiger partial charge is 0.103 e. The van der Waals surface area contributed by atoms with E-state index < -0.39 is 0 Å². The number of thioether (sulfide) groups is 1. The molecular weight excluding hydrogens is 214 g/mol. The number of aliphatic hydroxyl groups excluding tert-OH is 1. The molecule has 1 rings (SSSR count). The van der Waals surface area contributed by atoms with Gasteiger partial charge in [-0.15, -0.1) is 11.3 Å². The normalized spacial score (nSPS) is 13.1. The third kappa shape index (κ3) is 3.26. The van der Waals surface area contributed by atoms with Gasteiger partial charge in [-0.1, -0.05) is 6.92 Å². The maximum absolute atomic E-state index is 9.45. The lowest BCUT2D eigenvalue weighted by Gasteiger charge is -1.98. The monoisotopic (exact) mass is 231 g/mol. The van der Waals surface area contributed by atoms with Crippen LogP contribution in [0, 0.1) is 6.92 Å².